The van der Waals surface area contributed by atoms with Crippen LogP contribution in [0.4, 0.5) is 10.2 Å². The van der Waals surface area contributed by atoms with Crippen LogP contribution >= 0.6 is 11.8 Å². The zero-order valence-corrected chi connectivity index (χ0v) is 23.6. The second-order valence-corrected chi connectivity index (χ2v) is 11.6. The van der Waals surface area contributed by atoms with E-state index in [-0.39, 0.29) is 41.7 Å². The summed E-state index contributed by atoms with van der Waals surface area (Å²) in [5, 5.41) is 7.49. The van der Waals surface area contributed by atoms with Crippen LogP contribution in [-0.4, -0.2) is 41.0 Å². The average molecular weight is 563 g/mol. The van der Waals surface area contributed by atoms with Crippen LogP contribution in [0.15, 0.2) is 71.3 Å². The molecular formula is C30H31FN4O4S. The van der Waals surface area contributed by atoms with Gasteiger partial charge in [0.15, 0.2) is 0 Å². The second-order valence-electron chi connectivity index (χ2n) is 10.5. The largest absolute Gasteiger partial charge is 0.497 e. The lowest BCUT2D eigenvalue weighted by Gasteiger charge is -2.24. The molecule has 2 aromatic carbocycles. The highest BCUT2D eigenvalue weighted by molar-refractivity contribution is 8.00. The molecule has 8 nitrogen and oxygen atoms in total. The molecule has 0 saturated heterocycles. The molecule has 0 radical (unpaired) electrons. The number of thioether (sulfide) groups is 1. The molecule has 1 aliphatic rings. The predicted molar refractivity (Wildman–Crippen MR) is 152 cm³/mol. The smallest absolute Gasteiger partial charge is 0.240 e. The molecule has 1 N–H and O–H groups in total. The highest BCUT2D eigenvalue weighted by atomic mass is 32.2. The minimum absolute atomic E-state index is 0.105. The molecule has 4 aromatic rings. The molecule has 0 fully saturated rings. The number of hydrogen-bond donors (Lipinski definition) is 1. The van der Waals surface area contributed by atoms with Crippen LogP contribution in [0, 0.1) is 5.82 Å². The van der Waals surface area contributed by atoms with E-state index in [1.54, 1.807) is 30.0 Å². The maximum absolute atomic E-state index is 14.4. The van der Waals surface area contributed by atoms with Crippen LogP contribution in [0.1, 0.15) is 48.6 Å². The number of fused-ring (bicyclic) bond motifs is 1. The summed E-state index contributed by atoms with van der Waals surface area (Å²) in [5.74, 6) is 0.940. The molecule has 0 unspecified atom stereocenters. The standard InChI is InChI=1S/C30H31FN4O4S/c1-30(2,3)28-26-27(19-7-5-8-20(31)15-19)40-18-25(37)34(17-24(36)32-16-23-9-6-14-39-23)29(26)35(33-28)21-10-12-22(38-4)13-11-21/h5-15,27H,16-18H2,1-4H3,(H,32,36)/t27-/m1/s1. The van der Waals surface area contributed by atoms with Gasteiger partial charge in [-0.3, -0.25) is 14.5 Å². The number of carbonyl (C=O) groups excluding carboxylic acids is 2. The summed E-state index contributed by atoms with van der Waals surface area (Å²) in [6.45, 7) is 6.14. The topological polar surface area (TPSA) is 89.6 Å². The monoisotopic (exact) mass is 562 g/mol. The number of amides is 2. The van der Waals surface area contributed by atoms with Crippen LogP contribution in [-0.2, 0) is 21.5 Å². The van der Waals surface area contributed by atoms with Gasteiger partial charge in [-0.1, -0.05) is 32.9 Å². The third-order valence-corrected chi connectivity index (χ3v) is 7.86. The minimum Gasteiger partial charge on any atom is -0.497 e. The first-order valence-corrected chi connectivity index (χ1v) is 13.9. The van der Waals surface area contributed by atoms with E-state index in [0.717, 1.165) is 16.8 Å². The Morgan fingerprint density at radius 2 is 1.95 bits per heavy atom. The molecule has 0 bridgehead atoms. The highest BCUT2D eigenvalue weighted by Crippen LogP contribution is 2.48. The van der Waals surface area contributed by atoms with Crippen molar-refractivity contribution >= 4 is 29.4 Å². The zero-order chi connectivity index (χ0) is 28.4. The van der Waals surface area contributed by atoms with E-state index in [1.807, 2.05) is 51.1 Å². The summed E-state index contributed by atoms with van der Waals surface area (Å²) in [6.07, 6.45) is 1.54. The summed E-state index contributed by atoms with van der Waals surface area (Å²) in [5.41, 5.74) is 2.54. The van der Waals surface area contributed by atoms with E-state index in [2.05, 4.69) is 5.32 Å². The average Bonchev–Trinajstić information content (AvgIpc) is 3.56. The maximum atomic E-state index is 14.4. The highest BCUT2D eigenvalue weighted by Gasteiger charge is 2.40. The molecule has 40 heavy (non-hydrogen) atoms. The molecule has 208 valence electrons. The van der Waals surface area contributed by atoms with Crippen LogP contribution in [0.5, 0.6) is 5.75 Å². The minimum atomic E-state index is -0.422. The van der Waals surface area contributed by atoms with Crippen molar-refractivity contribution in [3.8, 4) is 11.4 Å². The fourth-order valence-corrected chi connectivity index (χ4v) is 5.90. The fraction of sp³-hybridized carbons (Fsp3) is 0.300. The van der Waals surface area contributed by atoms with Gasteiger partial charge in [0.1, 0.15) is 29.7 Å². The summed E-state index contributed by atoms with van der Waals surface area (Å²) in [4.78, 5) is 28.4. The number of anilines is 1. The first kappa shape index (κ1) is 27.5. The summed E-state index contributed by atoms with van der Waals surface area (Å²) in [7, 11) is 1.59. The Kier molecular flexibility index (Phi) is 7.71. The zero-order valence-electron chi connectivity index (χ0n) is 22.8. The SMILES string of the molecule is COc1ccc(-n2nc(C(C)(C)C)c3c2N(CC(=O)NCc2ccco2)C(=O)CS[C@@H]3c2cccc(F)c2)cc1. The number of rotatable bonds is 7. The van der Waals surface area contributed by atoms with Gasteiger partial charge < -0.3 is 14.5 Å². The number of furan rings is 1. The first-order valence-electron chi connectivity index (χ1n) is 12.9. The lowest BCUT2D eigenvalue weighted by atomic mass is 9.87. The van der Waals surface area contributed by atoms with Crippen molar-refractivity contribution in [1.29, 1.82) is 0 Å². The fourth-order valence-electron chi connectivity index (χ4n) is 4.71. The van der Waals surface area contributed by atoms with Crippen LogP contribution < -0.4 is 15.0 Å². The summed E-state index contributed by atoms with van der Waals surface area (Å²) < 4.78 is 26.8. The van der Waals surface area contributed by atoms with Gasteiger partial charge in [-0.05, 0) is 54.1 Å². The van der Waals surface area contributed by atoms with Crippen molar-refractivity contribution in [3.05, 3.63) is 95.3 Å². The number of halogens is 1. The van der Waals surface area contributed by atoms with Gasteiger partial charge in [-0.2, -0.15) is 5.10 Å². The summed E-state index contributed by atoms with van der Waals surface area (Å²) >= 11 is 1.41. The van der Waals surface area contributed by atoms with Crippen LogP contribution in [0.3, 0.4) is 0 Å². The molecule has 3 heterocycles. The number of carbonyl (C=O) groups is 2. The first-order chi connectivity index (χ1) is 19.2. The molecule has 10 heteroatoms. The Morgan fingerprint density at radius 1 is 1.18 bits per heavy atom. The van der Waals surface area contributed by atoms with Crippen molar-refractivity contribution in [3.63, 3.8) is 0 Å². The molecule has 2 amide bonds. The van der Waals surface area contributed by atoms with E-state index < -0.39 is 5.41 Å². The molecule has 2 aromatic heterocycles. The predicted octanol–water partition coefficient (Wildman–Crippen LogP) is 5.40. The van der Waals surface area contributed by atoms with E-state index >= 15 is 0 Å². The number of hydrogen-bond acceptors (Lipinski definition) is 6. The van der Waals surface area contributed by atoms with Crippen molar-refractivity contribution in [2.45, 2.75) is 38.0 Å². The Morgan fingerprint density at radius 3 is 2.60 bits per heavy atom. The van der Waals surface area contributed by atoms with Gasteiger partial charge in [0.2, 0.25) is 11.8 Å². The van der Waals surface area contributed by atoms with Gasteiger partial charge in [-0.25, -0.2) is 9.07 Å². The molecule has 5 rings (SSSR count). The van der Waals surface area contributed by atoms with Gasteiger partial charge >= 0.3 is 0 Å². The number of benzene rings is 2. The molecule has 1 aliphatic heterocycles. The van der Waals surface area contributed by atoms with E-state index in [0.29, 0.717) is 23.0 Å². The Bertz CT molecular complexity index is 1510. The molecular weight excluding hydrogens is 531 g/mol. The number of methoxy groups -OCH3 is 1. The van der Waals surface area contributed by atoms with Gasteiger partial charge in [-0.15, -0.1) is 11.8 Å². The number of nitrogens with zero attached hydrogens (tertiary/aromatic N) is 3. The Labute approximate surface area is 236 Å². The third-order valence-electron chi connectivity index (χ3n) is 6.61. The van der Waals surface area contributed by atoms with E-state index in [9.17, 15) is 14.0 Å². The van der Waals surface area contributed by atoms with Crippen molar-refractivity contribution in [2.24, 2.45) is 0 Å². The maximum Gasteiger partial charge on any atom is 0.240 e. The van der Waals surface area contributed by atoms with Crippen molar-refractivity contribution in [1.82, 2.24) is 15.1 Å². The lowest BCUT2D eigenvalue weighted by Crippen LogP contribution is -2.42. The normalized spacial score (nSPS) is 15.5. The Hall–Kier alpha value is -4.05. The van der Waals surface area contributed by atoms with Crippen LogP contribution in [0.25, 0.3) is 5.69 Å². The molecule has 0 aliphatic carbocycles. The molecule has 0 saturated carbocycles. The van der Waals surface area contributed by atoms with Gasteiger partial charge in [0.25, 0.3) is 0 Å². The van der Waals surface area contributed by atoms with Crippen molar-refractivity contribution < 1.29 is 23.1 Å². The summed E-state index contributed by atoms with van der Waals surface area (Å²) in [6, 6.07) is 17.3. The van der Waals surface area contributed by atoms with Gasteiger partial charge in [0, 0.05) is 11.0 Å². The third kappa shape index (κ3) is 5.62. The van der Waals surface area contributed by atoms with E-state index in [4.69, 9.17) is 14.3 Å². The lowest BCUT2D eigenvalue weighted by molar-refractivity contribution is -0.123. The van der Waals surface area contributed by atoms with Crippen molar-refractivity contribution in [2.75, 3.05) is 24.3 Å². The second kappa shape index (κ2) is 11.2. The van der Waals surface area contributed by atoms with Crippen LogP contribution in [0.2, 0.25) is 0 Å². The number of ether oxygens (including phenoxy) is 1. The molecule has 0 spiro atoms. The number of nitrogens with one attached hydrogen (secondary N) is 1. The Balaban J connectivity index is 1.67. The van der Waals surface area contributed by atoms with Gasteiger partial charge in [0.05, 0.1) is 42.3 Å². The quantitative estimate of drug-likeness (QED) is 0.325. The number of aromatic nitrogens is 2. The van der Waals surface area contributed by atoms with E-state index in [1.165, 1.54) is 35.1 Å². The molecule has 1 atom stereocenters.